The van der Waals surface area contributed by atoms with Gasteiger partial charge >= 0.3 is 6.18 Å². The smallest absolute Gasteiger partial charge is 0.383 e. The van der Waals surface area contributed by atoms with Gasteiger partial charge in [0.05, 0.1) is 0 Å². The minimum atomic E-state index is -4.57. The number of amides is 1. The van der Waals surface area contributed by atoms with Crippen molar-refractivity contribution in [3.05, 3.63) is 0 Å². The second-order valence-corrected chi connectivity index (χ2v) is 5.82. The van der Waals surface area contributed by atoms with Crippen LogP contribution in [0.3, 0.4) is 0 Å². The van der Waals surface area contributed by atoms with E-state index in [1.807, 2.05) is 20.8 Å². The van der Waals surface area contributed by atoms with Crippen LogP contribution in [0.2, 0.25) is 0 Å². The number of halogens is 3. The fourth-order valence-electron chi connectivity index (χ4n) is 2.59. The summed E-state index contributed by atoms with van der Waals surface area (Å²) in [5.74, 6) is -0.623. The topological polar surface area (TPSA) is 40.5 Å². The number of alkyl halides is 3. The molecule has 0 spiro atoms. The highest BCUT2D eigenvalue weighted by Crippen LogP contribution is 2.32. The summed E-state index contributed by atoms with van der Waals surface area (Å²) in [5, 5.41) is 9.24. The molecule has 0 radical (unpaired) electrons. The van der Waals surface area contributed by atoms with Crippen LogP contribution in [0.5, 0.6) is 0 Å². The van der Waals surface area contributed by atoms with Crippen LogP contribution in [0, 0.1) is 17.8 Å². The monoisotopic (exact) mass is 295 g/mol. The highest BCUT2D eigenvalue weighted by atomic mass is 19.4. The van der Waals surface area contributed by atoms with Gasteiger partial charge in [-0.1, -0.05) is 27.2 Å². The molecule has 0 aromatic heterocycles. The Labute approximate surface area is 118 Å². The normalized spacial score (nSPS) is 22.4. The molecule has 0 aliphatic carbocycles. The number of carbonyl (C=O) groups is 1. The molecule has 3 nitrogen and oxygen atoms in total. The maximum atomic E-state index is 12.4. The molecule has 1 saturated heterocycles. The Hall–Kier alpha value is -0.780. The molecule has 3 unspecified atom stereocenters. The van der Waals surface area contributed by atoms with Crippen LogP contribution in [0.1, 0.15) is 40.0 Å². The summed E-state index contributed by atoms with van der Waals surface area (Å²) in [7, 11) is 0. The van der Waals surface area contributed by atoms with Crippen molar-refractivity contribution in [2.75, 3.05) is 13.1 Å². The van der Waals surface area contributed by atoms with E-state index in [2.05, 4.69) is 0 Å². The highest BCUT2D eigenvalue weighted by Gasteiger charge is 2.44. The number of likely N-dealkylation sites (tertiary alicyclic amines) is 1. The summed E-state index contributed by atoms with van der Waals surface area (Å²) in [6.45, 7) is 6.49. The number of nitrogens with zero attached hydrogens (tertiary/aromatic N) is 1. The Bertz CT molecular complexity index is 325. The fraction of sp³-hybridized carbons (Fsp3) is 0.929. The van der Waals surface area contributed by atoms with E-state index in [1.54, 1.807) is 4.90 Å². The highest BCUT2D eigenvalue weighted by molar-refractivity contribution is 5.78. The molecule has 118 valence electrons. The number of aliphatic hydroxyl groups is 1. The lowest BCUT2D eigenvalue weighted by Gasteiger charge is -2.36. The van der Waals surface area contributed by atoms with Crippen molar-refractivity contribution in [2.24, 2.45) is 17.8 Å². The molecule has 1 aliphatic heterocycles. The number of rotatable bonds is 4. The lowest BCUT2D eigenvalue weighted by atomic mass is 9.88. The Morgan fingerprint density at radius 3 is 2.20 bits per heavy atom. The molecule has 20 heavy (non-hydrogen) atoms. The predicted molar refractivity (Wildman–Crippen MR) is 70.0 cm³/mol. The minimum absolute atomic E-state index is 0.0132. The van der Waals surface area contributed by atoms with E-state index in [1.165, 1.54) is 0 Å². The van der Waals surface area contributed by atoms with Crippen LogP contribution >= 0.6 is 0 Å². The van der Waals surface area contributed by atoms with Gasteiger partial charge in [-0.3, -0.25) is 4.79 Å². The predicted octanol–water partition coefficient (Wildman–Crippen LogP) is 2.83. The zero-order chi connectivity index (χ0) is 15.5. The zero-order valence-corrected chi connectivity index (χ0v) is 12.3. The van der Waals surface area contributed by atoms with Gasteiger partial charge in [-0.2, -0.15) is 13.2 Å². The lowest BCUT2D eigenvalue weighted by molar-refractivity contribution is -0.223. The summed E-state index contributed by atoms with van der Waals surface area (Å²) in [5.41, 5.74) is 0. The first-order valence-electron chi connectivity index (χ1n) is 7.22. The van der Waals surface area contributed by atoms with Gasteiger partial charge in [0.25, 0.3) is 0 Å². The third-order valence-electron chi connectivity index (χ3n) is 4.52. The molecule has 1 fully saturated rings. The van der Waals surface area contributed by atoms with Crippen molar-refractivity contribution in [1.29, 1.82) is 0 Å². The van der Waals surface area contributed by atoms with Crippen LogP contribution in [0.25, 0.3) is 0 Å². The largest absolute Gasteiger partial charge is 0.414 e. The molecule has 3 atom stereocenters. The van der Waals surface area contributed by atoms with Gasteiger partial charge in [-0.15, -0.1) is 0 Å². The van der Waals surface area contributed by atoms with Crippen LogP contribution < -0.4 is 0 Å². The van der Waals surface area contributed by atoms with E-state index in [-0.39, 0.29) is 30.6 Å². The van der Waals surface area contributed by atoms with Gasteiger partial charge in [-0.25, -0.2) is 0 Å². The Kier molecular flexibility index (Phi) is 5.86. The molecule has 1 amide bonds. The summed E-state index contributed by atoms with van der Waals surface area (Å²) in [6.07, 6.45) is -5.53. The molecular formula is C14H24F3NO2. The Balaban J connectivity index is 2.52. The molecule has 1 heterocycles. The first-order valence-corrected chi connectivity index (χ1v) is 7.22. The molecule has 1 aliphatic rings. The van der Waals surface area contributed by atoms with Gasteiger partial charge in [0.15, 0.2) is 6.10 Å². The third-order valence-corrected chi connectivity index (χ3v) is 4.52. The Morgan fingerprint density at radius 2 is 1.80 bits per heavy atom. The SMILES string of the molecule is CCC(C)C(C)C(=O)N1CCC(C(O)C(F)(F)F)CC1. The third kappa shape index (κ3) is 4.11. The van der Waals surface area contributed by atoms with Crippen molar-refractivity contribution in [2.45, 2.75) is 52.3 Å². The number of hydrogen-bond acceptors (Lipinski definition) is 2. The zero-order valence-electron chi connectivity index (χ0n) is 12.3. The molecule has 0 aromatic carbocycles. The maximum Gasteiger partial charge on any atom is 0.414 e. The molecule has 6 heteroatoms. The lowest BCUT2D eigenvalue weighted by Crippen LogP contribution is -2.47. The number of piperidine rings is 1. The molecule has 0 bridgehead atoms. The van der Waals surface area contributed by atoms with E-state index in [4.69, 9.17) is 0 Å². The maximum absolute atomic E-state index is 12.4. The quantitative estimate of drug-likeness (QED) is 0.866. The van der Waals surface area contributed by atoms with Crippen molar-refractivity contribution >= 4 is 5.91 Å². The minimum Gasteiger partial charge on any atom is -0.383 e. The van der Waals surface area contributed by atoms with Crippen LogP contribution in [-0.2, 0) is 4.79 Å². The average Bonchev–Trinajstić information content (AvgIpc) is 2.43. The average molecular weight is 295 g/mol. The van der Waals surface area contributed by atoms with Gasteiger partial charge in [0.1, 0.15) is 0 Å². The fourth-order valence-corrected chi connectivity index (χ4v) is 2.59. The van der Waals surface area contributed by atoms with Crippen LogP contribution in [0.4, 0.5) is 13.2 Å². The second-order valence-electron chi connectivity index (χ2n) is 5.82. The van der Waals surface area contributed by atoms with Gasteiger partial charge in [0, 0.05) is 19.0 Å². The van der Waals surface area contributed by atoms with Crippen molar-refractivity contribution in [1.82, 2.24) is 4.90 Å². The number of carbonyl (C=O) groups excluding carboxylic acids is 1. The summed E-state index contributed by atoms with van der Waals surface area (Å²) in [4.78, 5) is 13.8. The van der Waals surface area contributed by atoms with E-state index in [0.717, 1.165) is 6.42 Å². The summed E-state index contributed by atoms with van der Waals surface area (Å²) < 4.78 is 37.3. The van der Waals surface area contributed by atoms with Crippen molar-refractivity contribution in [3.8, 4) is 0 Å². The Morgan fingerprint density at radius 1 is 1.30 bits per heavy atom. The van der Waals surface area contributed by atoms with Crippen molar-refractivity contribution < 1.29 is 23.1 Å². The summed E-state index contributed by atoms with van der Waals surface area (Å²) >= 11 is 0. The van der Waals surface area contributed by atoms with Gasteiger partial charge in [-0.05, 0) is 24.7 Å². The first kappa shape index (κ1) is 17.3. The first-order chi connectivity index (χ1) is 9.18. The molecule has 0 aromatic rings. The van der Waals surface area contributed by atoms with Gasteiger partial charge in [0.2, 0.25) is 5.91 Å². The standard InChI is InChI=1S/C14H24F3NO2/c1-4-9(2)10(3)13(20)18-7-5-11(6-8-18)12(19)14(15,16)17/h9-12,19H,4-8H2,1-3H3. The second kappa shape index (κ2) is 6.78. The molecule has 1 N–H and O–H groups in total. The molecule has 0 saturated carbocycles. The van der Waals surface area contributed by atoms with E-state index in [9.17, 15) is 23.1 Å². The van der Waals surface area contributed by atoms with E-state index >= 15 is 0 Å². The van der Waals surface area contributed by atoms with Crippen LogP contribution in [0.15, 0.2) is 0 Å². The van der Waals surface area contributed by atoms with E-state index < -0.39 is 18.2 Å². The molecular weight excluding hydrogens is 271 g/mol. The van der Waals surface area contributed by atoms with Crippen LogP contribution in [-0.4, -0.2) is 41.3 Å². The molecule has 1 rings (SSSR count). The number of hydrogen-bond donors (Lipinski definition) is 1. The van der Waals surface area contributed by atoms with Crippen molar-refractivity contribution in [3.63, 3.8) is 0 Å². The summed E-state index contributed by atoms with van der Waals surface area (Å²) in [6, 6.07) is 0. The van der Waals surface area contributed by atoms with Gasteiger partial charge < -0.3 is 10.0 Å². The van der Waals surface area contributed by atoms with E-state index in [0.29, 0.717) is 13.1 Å². The number of aliphatic hydroxyl groups excluding tert-OH is 1.